The molecule has 0 bridgehead atoms. The van der Waals surface area contributed by atoms with Gasteiger partial charge in [-0.2, -0.15) is 10.1 Å². The first kappa shape index (κ1) is 17.0. The second-order valence-electron chi connectivity index (χ2n) is 6.54. The molecule has 2 heterocycles. The highest BCUT2D eigenvalue weighted by molar-refractivity contribution is 5.94. The van der Waals surface area contributed by atoms with Gasteiger partial charge in [-0.1, -0.05) is 49.3 Å². The summed E-state index contributed by atoms with van der Waals surface area (Å²) in [5, 5.41) is 11.6. The first-order valence-electron chi connectivity index (χ1n) is 8.63. The van der Waals surface area contributed by atoms with Gasteiger partial charge >= 0.3 is 5.97 Å². The maximum Gasteiger partial charge on any atom is 0.338 e. The largest absolute Gasteiger partial charge is 0.452 e. The molecule has 136 valence electrons. The fraction of sp³-hybridized carbons (Fsp3) is 0.200. The zero-order chi connectivity index (χ0) is 18.8. The Bertz CT molecular complexity index is 1080. The summed E-state index contributed by atoms with van der Waals surface area (Å²) >= 11 is 0. The number of rotatable bonds is 5. The van der Waals surface area contributed by atoms with Crippen LogP contribution in [-0.4, -0.2) is 26.3 Å². The quantitative estimate of drug-likeness (QED) is 0.537. The fourth-order valence-electron chi connectivity index (χ4n) is 2.72. The van der Waals surface area contributed by atoms with Gasteiger partial charge in [-0.25, -0.2) is 4.79 Å². The minimum Gasteiger partial charge on any atom is -0.452 e. The number of aromatic nitrogens is 4. The minimum atomic E-state index is -0.465. The number of H-pyrrole nitrogens is 1. The SMILES string of the molecule is CC(C)c1ccc(-c2noc(COC(=O)c3ccc4cn[nH]c4c3)n2)cc1. The van der Waals surface area contributed by atoms with Gasteiger partial charge in [0.1, 0.15) is 0 Å². The molecule has 0 atom stereocenters. The molecule has 0 spiro atoms. The molecule has 7 heteroatoms. The fourth-order valence-corrected chi connectivity index (χ4v) is 2.72. The third-order valence-electron chi connectivity index (χ3n) is 4.31. The lowest BCUT2D eigenvalue weighted by Gasteiger charge is -2.04. The van der Waals surface area contributed by atoms with Gasteiger partial charge in [-0.15, -0.1) is 0 Å². The number of aromatic amines is 1. The van der Waals surface area contributed by atoms with Crippen molar-refractivity contribution in [1.82, 2.24) is 20.3 Å². The van der Waals surface area contributed by atoms with E-state index in [1.165, 1.54) is 5.56 Å². The van der Waals surface area contributed by atoms with Crippen LogP contribution < -0.4 is 0 Å². The summed E-state index contributed by atoms with van der Waals surface area (Å²) in [7, 11) is 0. The highest BCUT2D eigenvalue weighted by Crippen LogP contribution is 2.21. The molecule has 1 N–H and O–H groups in total. The van der Waals surface area contributed by atoms with Gasteiger partial charge in [0.15, 0.2) is 6.61 Å². The molecule has 2 aromatic heterocycles. The lowest BCUT2D eigenvalue weighted by Crippen LogP contribution is -2.05. The molecule has 7 nitrogen and oxygen atoms in total. The van der Waals surface area contributed by atoms with Crippen LogP contribution in [0.25, 0.3) is 22.3 Å². The predicted molar refractivity (Wildman–Crippen MR) is 99.0 cm³/mol. The minimum absolute atomic E-state index is 0.0864. The third kappa shape index (κ3) is 3.57. The molecule has 0 aliphatic rings. The van der Waals surface area contributed by atoms with Crippen molar-refractivity contribution in [3.63, 3.8) is 0 Å². The van der Waals surface area contributed by atoms with Crippen molar-refractivity contribution in [2.45, 2.75) is 26.4 Å². The van der Waals surface area contributed by atoms with Crippen molar-refractivity contribution in [2.24, 2.45) is 0 Å². The number of hydrogen-bond donors (Lipinski definition) is 1. The number of nitrogens with zero attached hydrogens (tertiary/aromatic N) is 3. The molecule has 0 saturated heterocycles. The summed E-state index contributed by atoms with van der Waals surface area (Å²) in [4.78, 5) is 16.5. The number of carbonyl (C=O) groups is 1. The second-order valence-corrected chi connectivity index (χ2v) is 6.54. The van der Waals surface area contributed by atoms with E-state index in [4.69, 9.17) is 9.26 Å². The average Bonchev–Trinajstić information content (AvgIpc) is 3.35. The monoisotopic (exact) mass is 362 g/mol. The zero-order valence-electron chi connectivity index (χ0n) is 15.0. The second kappa shape index (κ2) is 7.03. The maximum absolute atomic E-state index is 12.2. The van der Waals surface area contributed by atoms with E-state index < -0.39 is 5.97 Å². The van der Waals surface area contributed by atoms with E-state index in [9.17, 15) is 4.79 Å². The first-order valence-corrected chi connectivity index (χ1v) is 8.63. The highest BCUT2D eigenvalue weighted by Gasteiger charge is 2.13. The van der Waals surface area contributed by atoms with Crippen molar-refractivity contribution < 1.29 is 14.1 Å². The zero-order valence-corrected chi connectivity index (χ0v) is 15.0. The molecule has 4 rings (SSSR count). The number of benzene rings is 2. The summed E-state index contributed by atoms with van der Waals surface area (Å²) in [6, 6.07) is 13.2. The number of nitrogens with one attached hydrogen (secondary N) is 1. The van der Waals surface area contributed by atoms with E-state index in [-0.39, 0.29) is 12.5 Å². The van der Waals surface area contributed by atoms with Gasteiger partial charge in [0.2, 0.25) is 5.82 Å². The number of fused-ring (bicyclic) bond motifs is 1. The Kier molecular flexibility index (Phi) is 4.42. The highest BCUT2D eigenvalue weighted by atomic mass is 16.6. The smallest absolute Gasteiger partial charge is 0.338 e. The molecule has 0 fully saturated rings. The van der Waals surface area contributed by atoms with E-state index in [0.29, 0.717) is 17.3 Å². The molecule has 0 amide bonds. The average molecular weight is 362 g/mol. The Morgan fingerprint density at radius 1 is 1.19 bits per heavy atom. The Morgan fingerprint density at radius 2 is 2.00 bits per heavy atom. The number of esters is 1. The Balaban J connectivity index is 1.42. The van der Waals surface area contributed by atoms with Crippen LogP contribution in [0.1, 0.15) is 41.6 Å². The van der Waals surface area contributed by atoms with Crippen molar-refractivity contribution in [3.05, 3.63) is 65.7 Å². The molecule has 0 saturated carbocycles. The van der Waals surface area contributed by atoms with Crippen molar-refractivity contribution in [3.8, 4) is 11.4 Å². The summed E-state index contributed by atoms with van der Waals surface area (Å²) in [5.41, 5.74) is 3.29. The van der Waals surface area contributed by atoms with Crippen LogP contribution in [-0.2, 0) is 11.3 Å². The summed E-state index contributed by atoms with van der Waals surface area (Å²) in [6.45, 7) is 4.19. The third-order valence-corrected chi connectivity index (χ3v) is 4.31. The van der Waals surface area contributed by atoms with E-state index in [2.05, 4.69) is 34.2 Å². The summed E-state index contributed by atoms with van der Waals surface area (Å²) in [6.07, 6.45) is 1.69. The van der Waals surface area contributed by atoms with E-state index in [1.54, 1.807) is 24.4 Å². The molecule has 4 aromatic rings. The molecular formula is C20H18N4O3. The standard InChI is InChI=1S/C20H18N4O3/c1-12(2)13-3-5-14(6-4-13)19-22-18(27-24-19)11-26-20(25)15-7-8-16-10-21-23-17(16)9-15/h3-10,12H,11H2,1-2H3,(H,21,23). The van der Waals surface area contributed by atoms with Gasteiger partial charge in [-0.3, -0.25) is 5.10 Å². The molecule has 0 aliphatic heterocycles. The first-order chi connectivity index (χ1) is 13.1. The van der Waals surface area contributed by atoms with Gasteiger partial charge in [-0.05, 0) is 23.6 Å². The van der Waals surface area contributed by atoms with Gasteiger partial charge in [0.25, 0.3) is 5.89 Å². The normalized spacial score (nSPS) is 11.2. The van der Waals surface area contributed by atoms with Crippen LogP contribution in [0.15, 0.2) is 53.2 Å². The summed E-state index contributed by atoms with van der Waals surface area (Å²) in [5.74, 6) is 0.706. The van der Waals surface area contributed by atoms with Crippen molar-refractivity contribution in [1.29, 1.82) is 0 Å². The number of ether oxygens (including phenoxy) is 1. The number of hydrogen-bond acceptors (Lipinski definition) is 6. The van der Waals surface area contributed by atoms with Gasteiger partial charge in [0.05, 0.1) is 17.3 Å². The van der Waals surface area contributed by atoms with Crippen LogP contribution in [0.3, 0.4) is 0 Å². The van der Waals surface area contributed by atoms with Crippen LogP contribution in [0, 0.1) is 0 Å². The Labute approximate surface area is 155 Å². The van der Waals surface area contributed by atoms with Crippen LogP contribution >= 0.6 is 0 Å². The Hall–Kier alpha value is -3.48. The predicted octanol–water partition coefficient (Wildman–Crippen LogP) is 4.09. The Morgan fingerprint density at radius 3 is 2.78 bits per heavy atom. The van der Waals surface area contributed by atoms with Crippen LogP contribution in [0.4, 0.5) is 0 Å². The van der Waals surface area contributed by atoms with Gasteiger partial charge < -0.3 is 9.26 Å². The molecular weight excluding hydrogens is 344 g/mol. The van der Waals surface area contributed by atoms with Crippen molar-refractivity contribution >= 4 is 16.9 Å². The molecule has 2 aromatic carbocycles. The van der Waals surface area contributed by atoms with Crippen molar-refractivity contribution in [2.75, 3.05) is 0 Å². The topological polar surface area (TPSA) is 93.9 Å². The lowest BCUT2D eigenvalue weighted by atomic mass is 10.0. The van der Waals surface area contributed by atoms with E-state index in [1.807, 2.05) is 24.3 Å². The lowest BCUT2D eigenvalue weighted by molar-refractivity contribution is 0.0430. The molecule has 0 radical (unpaired) electrons. The van der Waals surface area contributed by atoms with Crippen LogP contribution in [0.5, 0.6) is 0 Å². The van der Waals surface area contributed by atoms with Crippen LogP contribution in [0.2, 0.25) is 0 Å². The van der Waals surface area contributed by atoms with Gasteiger partial charge in [0, 0.05) is 10.9 Å². The van der Waals surface area contributed by atoms with E-state index >= 15 is 0 Å². The molecule has 27 heavy (non-hydrogen) atoms. The summed E-state index contributed by atoms with van der Waals surface area (Å²) < 4.78 is 10.5. The number of carbonyl (C=O) groups excluding carboxylic acids is 1. The maximum atomic E-state index is 12.2. The molecule has 0 unspecified atom stereocenters. The molecule has 0 aliphatic carbocycles. The van der Waals surface area contributed by atoms with E-state index in [0.717, 1.165) is 16.5 Å².